The zero-order valence-corrected chi connectivity index (χ0v) is 12.5. The molecule has 1 radical (unpaired) electrons. The fourth-order valence-electron chi connectivity index (χ4n) is 2.89. The van der Waals surface area contributed by atoms with Crippen LogP contribution < -0.4 is 0 Å². The van der Waals surface area contributed by atoms with E-state index in [4.69, 9.17) is 0 Å². The Morgan fingerprint density at radius 3 is 2.59 bits per heavy atom. The Morgan fingerprint density at radius 1 is 1.24 bits per heavy atom. The van der Waals surface area contributed by atoms with Gasteiger partial charge >= 0.3 is 0 Å². The van der Waals surface area contributed by atoms with Gasteiger partial charge in [0.1, 0.15) is 0 Å². The van der Waals surface area contributed by atoms with Crippen LogP contribution in [0.2, 0.25) is 13.1 Å². The number of hydrogen-bond donors (Lipinski definition) is 0. The van der Waals surface area contributed by atoms with Crippen molar-refractivity contribution in [3.8, 4) is 0 Å². The summed E-state index contributed by atoms with van der Waals surface area (Å²) in [5.74, 6) is 0.715. The van der Waals surface area contributed by atoms with Crippen molar-refractivity contribution in [3.05, 3.63) is 41.5 Å². The Kier molecular flexibility index (Phi) is 3.88. The van der Waals surface area contributed by atoms with Crippen LogP contribution in [0.1, 0.15) is 43.4 Å². The molecule has 0 N–H and O–H groups in total. The Hall–Kier alpha value is -0.823. The Morgan fingerprint density at radius 2 is 1.94 bits per heavy atom. The minimum Gasteiger partial charge on any atom is -0.0759 e. The molecule has 0 saturated heterocycles. The lowest BCUT2D eigenvalue weighted by Crippen LogP contribution is -2.11. The summed E-state index contributed by atoms with van der Waals surface area (Å²) >= 11 is 0. The monoisotopic (exact) mass is 243 g/mol. The molecule has 0 spiro atoms. The van der Waals surface area contributed by atoms with Gasteiger partial charge < -0.3 is 0 Å². The largest absolute Gasteiger partial charge is 0.0759 e. The second-order valence-electron chi connectivity index (χ2n) is 5.45. The highest BCUT2D eigenvalue weighted by Crippen LogP contribution is 2.41. The normalized spacial score (nSPS) is 20.3. The van der Waals surface area contributed by atoms with Crippen molar-refractivity contribution < 1.29 is 0 Å². The highest BCUT2D eigenvalue weighted by molar-refractivity contribution is 6.58. The van der Waals surface area contributed by atoms with Crippen molar-refractivity contribution in [2.45, 2.75) is 45.3 Å². The first-order valence-corrected chi connectivity index (χ1v) is 9.34. The molecule has 1 aromatic rings. The molecule has 1 heteroatoms. The van der Waals surface area contributed by atoms with Crippen LogP contribution in [0.4, 0.5) is 0 Å². The first kappa shape index (κ1) is 12.6. The molecule has 0 fully saturated rings. The number of fused-ring (bicyclic) bond motifs is 1. The molecular weight excluding hydrogens is 220 g/mol. The van der Waals surface area contributed by atoms with Gasteiger partial charge in [0.15, 0.2) is 0 Å². The molecule has 1 aromatic carbocycles. The maximum Gasteiger partial charge on any atom is 0.0548 e. The van der Waals surface area contributed by atoms with Gasteiger partial charge in [0.05, 0.1) is 8.80 Å². The summed E-state index contributed by atoms with van der Waals surface area (Å²) in [7, 11) is -0.281. The van der Waals surface area contributed by atoms with Crippen LogP contribution in [0, 0.1) is 5.92 Å². The minimum absolute atomic E-state index is 0.281. The predicted molar refractivity (Wildman–Crippen MR) is 78.7 cm³/mol. The molecule has 0 saturated carbocycles. The van der Waals surface area contributed by atoms with E-state index >= 15 is 0 Å². The number of hydrogen-bond acceptors (Lipinski definition) is 0. The predicted octanol–water partition coefficient (Wildman–Crippen LogP) is 4.90. The van der Waals surface area contributed by atoms with Crippen LogP contribution in [0.3, 0.4) is 0 Å². The first-order valence-electron chi connectivity index (χ1n) is 6.76. The molecule has 0 bridgehead atoms. The van der Waals surface area contributed by atoms with Crippen molar-refractivity contribution in [1.29, 1.82) is 0 Å². The van der Waals surface area contributed by atoms with Crippen molar-refractivity contribution >= 4 is 14.4 Å². The van der Waals surface area contributed by atoms with Crippen LogP contribution >= 0.6 is 0 Å². The lowest BCUT2D eigenvalue weighted by atomic mass is 9.92. The van der Waals surface area contributed by atoms with Gasteiger partial charge in [0, 0.05) is 0 Å². The molecule has 0 amide bonds. The maximum atomic E-state index is 2.57. The summed E-state index contributed by atoms with van der Waals surface area (Å²) in [6.45, 7) is 9.52. The van der Waals surface area contributed by atoms with E-state index in [2.05, 4.69) is 57.3 Å². The van der Waals surface area contributed by atoms with E-state index < -0.39 is 0 Å². The average Bonchev–Trinajstić information content (AvgIpc) is 2.69. The van der Waals surface area contributed by atoms with E-state index in [1.165, 1.54) is 18.4 Å². The van der Waals surface area contributed by atoms with Crippen LogP contribution in [0.5, 0.6) is 0 Å². The molecule has 0 aromatic heterocycles. The zero-order valence-electron chi connectivity index (χ0n) is 11.5. The Bertz CT molecular complexity index is 417. The molecule has 1 aliphatic rings. The van der Waals surface area contributed by atoms with Crippen molar-refractivity contribution in [1.82, 2.24) is 0 Å². The SMILES string of the molecule is CCCC(C)C1=CC([Si](C)C)c2ccccc21. The molecule has 0 aliphatic heterocycles. The lowest BCUT2D eigenvalue weighted by Gasteiger charge is -2.14. The quantitative estimate of drug-likeness (QED) is 0.660. The van der Waals surface area contributed by atoms with Gasteiger partial charge in [-0.05, 0) is 34.6 Å². The van der Waals surface area contributed by atoms with Gasteiger partial charge in [-0.3, -0.25) is 0 Å². The molecule has 91 valence electrons. The second kappa shape index (κ2) is 5.22. The summed E-state index contributed by atoms with van der Waals surface area (Å²) in [6.07, 6.45) is 5.16. The van der Waals surface area contributed by atoms with Crippen LogP contribution in [-0.2, 0) is 0 Å². The maximum absolute atomic E-state index is 2.57. The summed E-state index contributed by atoms with van der Waals surface area (Å²) in [5.41, 5.74) is 5.46. The van der Waals surface area contributed by atoms with E-state index in [1.54, 1.807) is 11.1 Å². The molecular formula is C16H23Si. The standard InChI is InChI=1S/C16H23Si/c1-5-8-12(2)15-11-16(17(3)4)14-10-7-6-9-13(14)15/h6-7,9-12,16H,5,8H2,1-4H3. The molecule has 1 aliphatic carbocycles. The van der Waals surface area contributed by atoms with Crippen molar-refractivity contribution in [2.75, 3.05) is 0 Å². The molecule has 0 heterocycles. The van der Waals surface area contributed by atoms with E-state index in [0.29, 0.717) is 5.92 Å². The fourth-order valence-corrected chi connectivity index (χ4v) is 4.27. The van der Waals surface area contributed by atoms with Gasteiger partial charge in [-0.1, -0.05) is 63.7 Å². The number of benzene rings is 1. The first-order chi connectivity index (χ1) is 8.15. The third kappa shape index (κ3) is 2.39. The molecule has 2 rings (SSSR count). The van der Waals surface area contributed by atoms with E-state index in [9.17, 15) is 0 Å². The molecule has 17 heavy (non-hydrogen) atoms. The van der Waals surface area contributed by atoms with Crippen molar-refractivity contribution in [3.63, 3.8) is 0 Å². The summed E-state index contributed by atoms with van der Waals surface area (Å²) in [5, 5.41) is 0. The smallest absolute Gasteiger partial charge is 0.0548 e. The van der Waals surface area contributed by atoms with Crippen LogP contribution in [0.25, 0.3) is 5.57 Å². The molecule has 2 unspecified atom stereocenters. The van der Waals surface area contributed by atoms with Gasteiger partial charge in [0.25, 0.3) is 0 Å². The number of rotatable bonds is 4. The zero-order chi connectivity index (χ0) is 12.4. The summed E-state index contributed by atoms with van der Waals surface area (Å²) in [6, 6.07) is 9.03. The average molecular weight is 243 g/mol. The topological polar surface area (TPSA) is 0 Å². The third-order valence-corrected chi connectivity index (χ3v) is 5.55. The Labute approximate surface area is 107 Å². The van der Waals surface area contributed by atoms with E-state index in [1.807, 2.05) is 0 Å². The third-order valence-electron chi connectivity index (χ3n) is 3.83. The summed E-state index contributed by atoms with van der Waals surface area (Å²) in [4.78, 5) is 0. The highest BCUT2D eigenvalue weighted by Gasteiger charge is 2.27. The summed E-state index contributed by atoms with van der Waals surface area (Å²) < 4.78 is 0. The van der Waals surface area contributed by atoms with Crippen molar-refractivity contribution in [2.24, 2.45) is 5.92 Å². The second-order valence-corrected chi connectivity index (χ2v) is 8.23. The lowest BCUT2D eigenvalue weighted by molar-refractivity contribution is 0.650. The van der Waals surface area contributed by atoms with Gasteiger partial charge in [-0.2, -0.15) is 0 Å². The van der Waals surface area contributed by atoms with E-state index in [0.717, 1.165) is 5.54 Å². The van der Waals surface area contributed by atoms with Crippen LogP contribution in [0.15, 0.2) is 30.3 Å². The molecule has 2 atom stereocenters. The minimum atomic E-state index is -0.281. The highest BCUT2D eigenvalue weighted by atomic mass is 28.3. The fraction of sp³-hybridized carbons (Fsp3) is 0.500. The Balaban J connectivity index is 2.37. The van der Waals surface area contributed by atoms with Crippen LogP contribution in [-0.4, -0.2) is 8.80 Å². The van der Waals surface area contributed by atoms with Gasteiger partial charge in [-0.25, -0.2) is 0 Å². The number of allylic oxidation sites excluding steroid dienone is 2. The van der Waals surface area contributed by atoms with E-state index in [-0.39, 0.29) is 8.80 Å². The van der Waals surface area contributed by atoms with Gasteiger partial charge in [-0.15, -0.1) is 0 Å². The molecule has 0 nitrogen and oxygen atoms in total. The van der Waals surface area contributed by atoms with Gasteiger partial charge in [0.2, 0.25) is 0 Å².